The highest BCUT2D eigenvalue weighted by atomic mass is 35.5. The third-order valence-corrected chi connectivity index (χ3v) is 9.32. The minimum absolute atomic E-state index is 0.212. The first-order chi connectivity index (χ1) is 17.8. The van der Waals surface area contributed by atoms with Crippen molar-refractivity contribution in [1.29, 1.82) is 0 Å². The fourth-order valence-corrected chi connectivity index (χ4v) is 8.08. The van der Waals surface area contributed by atoms with Gasteiger partial charge in [-0.2, -0.15) is 0 Å². The zero-order valence-electron chi connectivity index (χ0n) is 19.4. The number of carbonyl (C=O) groups excluding carboxylic acids is 3. The molecule has 0 aliphatic carbocycles. The van der Waals surface area contributed by atoms with Gasteiger partial charge in [-0.25, -0.2) is 0 Å². The van der Waals surface area contributed by atoms with Crippen molar-refractivity contribution in [2.45, 2.75) is 29.8 Å². The number of hydrogen-bond acceptors (Lipinski definition) is 4. The Hall–Kier alpha value is -2.90. The average molecular weight is 553 g/mol. The summed E-state index contributed by atoms with van der Waals surface area (Å²) in [5.41, 5.74) is -0.312. The summed E-state index contributed by atoms with van der Waals surface area (Å²) in [6, 6.07) is 16.9. The number of nitrogens with zero attached hydrogens (tertiary/aromatic N) is 1. The lowest BCUT2D eigenvalue weighted by atomic mass is 9.57. The number of benzene rings is 3. The van der Waals surface area contributed by atoms with Gasteiger partial charge in [0.15, 0.2) is 5.78 Å². The van der Waals surface area contributed by atoms with Crippen LogP contribution in [0, 0.1) is 5.92 Å². The van der Waals surface area contributed by atoms with Crippen LogP contribution in [0.25, 0.3) is 0 Å². The van der Waals surface area contributed by atoms with E-state index in [9.17, 15) is 14.4 Å². The summed E-state index contributed by atoms with van der Waals surface area (Å²) in [6.45, 7) is 0.555. The topological polar surface area (TPSA) is 78.5 Å². The molecule has 4 heterocycles. The SMILES string of the molecule is O=C(c1ccc(Cl)cc1Cl)[C@H]1[C@@H]2CCCN2[C@]2(C(=O)Nc3ccc(Cl)cc32)[C@@]12C(=O)Nc1ccccc12. The van der Waals surface area contributed by atoms with Gasteiger partial charge in [0.05, 0.1) is 10.9 Å². The lowest BCUT2D eigenvalue weighted by Crippen LogP contribution is -2.62. The third-order valence-electron chi connectivity index (χ3n) is 8.54. The number of halogens is 3. The van der Waals surface area contributed by atoms with Crippen molar-refractivity contribution in [2.75, 3.05) is 17.2 Å². The summed E-state index contributed by atoms with van der Waals surface area (Å²) in [7, 11) is 0. The molecule has 0 saturated carbocycles. The molecule has 0 aromatic heterocycles. The Kier molecular flexibility index (Phi) is 4.90. The molecule has 2 saturated heterocycles. The van der Waals surface area contributed by atoms with Crippen molar-refractivity contribution in [3.05, 3.63) is 92.4 Å². The molecule has 3 aromatic rings. The predicted molar refractivity (Wildman–Crippen MR) is 143 cm³/mol. The molecular formula is C28H20Cl3N3O3. The molecule has 37 heavy (non-hydrogen) atoms. The van der Waals surface area contributed by atoms with E-state index in [4.69, 9.17) is 34.8 Å². The van der Waals surface area contributed by atoms with Crippen LogP contribution in [0.15, 0.2) is 60.7 Å². The van der Waals surface area contributed by atoms with Crippen LogP contribution in [0.1, 0.15) is 34.3 Å². The largest absolute Gasteiger partial charge is 0.325 e. The molecule has 4 aliphatic heterocycles. The van der Waals surface area contributed by atoms with Gasteiger partial charge in [0.25, 0.3) is 5.91 Å². The summed E-state index contributed by atoms with van der Waals surface area (Å²) in [4.78, 5) is 45.4. The maximum Gasteiger partial charge on any atom is 0.251 e. The summed E-state index contributed by atoms with van der Waals surface area (Å²) >= 11 is 19.2. The van der Waals surface area contributed by atoms with Gasteiger partial charge in [-0.15, -0.1) is 0 Å². The number of para-hydroxylation sites is 1. The van der Waals surface area contributed by atoms with Crippen LogP contribution in [0.5, 0.6) is 0 Å². The molecule has 3 aromatic carbocycles. The fraction of sp³-hybridized carbons (Fsp3) is 0.250. The monoisotopic (exact) mass is 551 g/mol. The maximum atomic E-state index is 14.6. The average Bonchev–Trinajstić information content (AvgIpc) is 3.58. The second-order valence-corrected chi connectivity index (χ2v) is 11.3. The highest BCUT2D eigenvalue weighted by molar-refractivity contribution is 6.37. The van der Waals surface area contributed by atoms with Gasteiger partial charge in [0.2, 0.25) is 5.91 Å². The van der Waals surface area contributed by atoms with Crippen LogP contribution < -0.4 is 10.6 Å². The van der Waals surface area contributed by atoms with Crippen molar-refractivity contribution in [3.63, 3.8) is 0 Å². The van der Waals surface area contributed by atoms with Crippen molar-refractivity contribution in [1.82, 2.24) is 4.90 Å². The summed E-state index contributed by atoms with van der Waals surface area (Å²) in [6.07, 6.45) is 1.44. The Labute approximate surface area is 227 Å². The van der Waals surface area contributed by atoms with E-state index in [2.05, 4.69) is 15.5 Å². The number of ketones is 1. The Bertz CT molecular complexity index is 1560. The van der Waals surface area contributed by atoms with Crippen molar-refractivity contribution >= 4 is 63.8 Å². The van der Waals surface area contributed by atoms with E-state index in [1.54, 1.807) is 30.3 Å². The Morgan fingerprint density at radius 3 is 2.38 bits per heavy atom. The molecule has 186 valence electrons. The van der Waals surface area contributed by atoms with E-state index in [0.29, 0.717) is 45.5 Å². The quantitative estimate of drug-likeness (QED) is 0.402. The van der Waals surface area contributed by atoms with E-state index in [1.165, 1.54) is 6.07 Å². The lowest BCUT2D eigenvalue weighted by molar-refractivity contribution is -0.137. The second kappa shape index (κ2) is 7.81. The fourth-order valence-electron chi connectivity index (χ4n) is 7.41. The van der Waals surface area contributed by atoms with Crippen LogP contribution in [0.4, 0.5) is 11.4 Å². The van der Waals surface area contributed by atoms with Gasteiger partial charge in [-0.1, -0.05) is 53.0 Å². The molecule has 4 aliphatic rings. The van der Waals surface area contributed by atoms with E-state index >= 15 is 0 Å². The molecule has 2 N–H and O–H groups in total. The van der Waals surface area contributed by atoms with Crippen LogP contribution in [-0.4, -0.2) is 35.1 Å². The Morgan fingerprint density at radius 1 is 0.865 bits per heavy atom. The van der Waals surface area contributed by atoms with E-state index < -0.39 is 16.9 Å². The van der Waals surface area contributed by atoms with Crippen LogP contribution in [0.2, 0.25) is 15.1 Å². The molecular weight excluding hydrogens is 533 g/mol. The van der Waals surface area contributed by atoms with Gasteiger partial charge >= 0.3 is 0 Å². The molecule has 2 amide bonds. The smallest absolute Gasteiger partial charge is 0.251 e. The first kappa shape index (κ1) is 23.2. The number of Topliss-reactive ketones (excluding diaryl/α,β-unsaturated/α-hetero) is 1. The number of amides is 2. The highest BCUT2D eigenvalue weighted by Gasteiger charge is 2.81. The van der Waals surface area contributed by atoms with Crippen molar-refractivity contribution in [3.8, 4) is 0 Å². The molecule has 9 heteroatoms. The Balaban J connectivity index is 1.60. The molecule has 7 rings (SSSR count). The highest BCUT2D eigenvalue weighted by Crippen LogP contribution is 2.68. The van der Waals surface area contributed by atoms with Gasteiger partial charge in [0, 0.05) is 38.6 Å². The number of fused-ring (bicyclic) bond motifs is 7. The normalized spacial score (nSPS) is 29.4. The zero-order chi connectivity index (χ0) is 25.7. The number of rotatable bonds is 2. The van der Waals surface area contributed by atoms with Gasteiger partial charge in [-0.3, -0.25) is 19.3 Å². The van der Waals surface area contributed by atoms with Gasteiger partial charge in [0.1, 0.15) is 11.0 Å². The van der Waals surface area contributed by atoms with E-state index in [1.807, 2.05) is 24.3 Å². The summed E-state index contributed by atoms with van der Waals surface area (Å²) in [5, 5.41) is 7.09. The van der Waals surface area contributed by atoms with Crippen LogP contribution in [0.3, 0.4) is 0 Å². The Morgan fingerprint density at radius 2 is 1.57 bits per heavy atom. The minimum Gasteiger partial charge on any atom is -0.325 e. The van der Waals surface area contributed by atoms with E-state index in [0.717, 1.165) is 6.42 Å². The molecule has 2 spiro atoms. The molecule has 2 fully saturated rings. The molecule has 4 atom stereocenters. The van der Waals surface area contributed by atoms with E-state index in [-0.39, 0.29) is 34.2 Å². The number of nitrogens with one attached hydrogen (secondary N) is 2. The molecule has 0 unspecified atom stereocenters. The second-order valence-electron chi connectivity index (χ2n) is 10.0. The number of carbonyl (C=O) groups is 3. The molecule has 0 bridgehead atoms. The van der Waals surface area contributed by atoms with Gasteiger partial charge in [-0.05, 0) is 67.4 Å². The molecule has 6 nitrogen and oxygen atoms in total. The summed E-state index contributed by atoms with van der Waals surface area (Å²) < 4.78 is 0. The standard InChI is InChI=1S/C28H20Cl3N3O3/c29-14-8-10-21-18(12-14)28(26(37)33-21)27(17-4-1-2-5-20(17)32-25(27)36)23(22-6-3-11-34(22)28)24(35)16-9-7-15(30)13-19(16)31/h1-2,4-5,7-10,12-13,22-23H,3,6,11H2,(H,32,36)(H,33,37)/t22-,23+,27+,28+/m0/s1. The predicted octanol–water partition coefficient (Wildman–Crippen LogP) is 5.66. The van der Waals surface area contributed by atoms with Crippen molar-refractivity contribution < 1.29 is 14.4 Å². The van der Waals surface area contributed by atoms with Gasteiger partial charge < -0.3 is 10.6 Å². The first-order valence-electron chi connectivity index (χ1n) is 12.1. The molecule has 0 radical (unpaired) electrons. The number of hydrogen-bond donors (Lipinski definition) is 2. The van der Waals surface area contributed by atoms with Crippen LogP contribution >= 0.6 is 34.8 Å². The van der Waals surface area contributed by atoms with Crippen molar-refractivity contribution in [2.24, 2.45) is 5.92 Å². The minimum atomic E-state index is -1.55. The van der Waals surface area contributed by atoms with Crippen LogP contribution in [-0.2, 0) is 20.5 Å². The third kappa shape index (κ3) is 2.69. The zero-order valence-corrected chi connectivity index (χ0v) is 21.6. The number of anilines is 2. The maximum absolute atomic E-state index is 14.6. The lowest BCUT2D eigenvalue weighted by Gasteiger charge is -2.43. The summed E-state index contributed by atoms with van der Waals surface area (Å²) in [5.74, 6) is -1.88. The first-order valence-corrected chi connectivity index (χ1v) is 13.2.